The van der Waals surface area contributed by atoms with Gasteiger partial charge in [-0.2, -0.15) is 0 Å². The largest absolute Gasteiger partial charge is 0.508 e. The molecule has 3 aromatic rings. The van der Waals surface area contributed by atoms with Gasteiger partial charge < -0.3 is 10.2 Å². The van der Waals surface area contributed by atoms with Crippen LogP contribution >= 0.6 is 0 Å². The quantitative estimate of drug-likeness (QED) is 0.506. The molecule has 0 spiro atoms. The Morgan fingerprint density at radius 3 is 1.90 bits per heavy atom. The molecule has 3 rings (SSSR count). The van der Waals surface area contributed by atoms with E-state index in [0.29, 0.717) is 32.7 Å². The molecular weight excluding hydrogens is 380 g/mol. The Morgan fingerprint density at radius 2 is 1.33 bits per heavy atom. The Hall–Kier alpha value is -3.29. The van der Waals surface area contributed by atoms with Gasteiger partial charge in [0.25, 0.3) is 0 Å². The van der Waals surface area contributed by atoms with E-state index >= 15 is 0 Å². The third-order valence-corrected chi connectivity index (χ3v) is 4.70. The molecule has 2 aromatic heterocycles. The van der Waals surface area contributed by atoms with Gasteiger partial charge in [-0.15, -0.1) is 0 Å². The highest BCUT2D eigenvalue weighted by molar-refractivity contribution is 5.69. The number of para-hydroxylation sites is 1. The van der Waals surface area contributed by atoms with Crippen molar-refractivity contribution in [2.45, 2.75) is 19.6 Å². The third-order valence-electron chi connectivity index (χ3n) is 4.70. The number of aromatic hydroxyl groups is 1. The normalized spacial score (nSPS) is 11.1. The van der Waals surface area contributed by atoms with Crippen molar-refractivity contribution >= 4 is 5.97 Å². The number of hydrogen-bond donors (Lipinski definition) is 2. The number of carboxylic acid groups (broad SMARTS) is 1. The molecule has 0 saturated heterocycles. The second-order valence-electron chi connectivity index (χ2n) is 7.09. The predicted octanol–water partition coefficient (Wildman–Crippen LogP) is 2.77. The summed E-state index contributed by atoms with van der Waals surface area (Å²) in [6.07, 6.45) is 3.46. The molecule has 0 amide bonds. The van der Waals surface area contributed by atoms with Gasteiger partial charge in [-0.3, -0.25) is 24.6 Å². The van der Waals surface area contributed by atoms with Crippen LogP contribution in [0.25, 0.3) is 0 Å². The van der Waals surface area contributed by atoms with Crippen molar-refractivity contribution in [2.75, 3.05) is 19.6 Å². The van der Waals surface area contributed by atoms with Crippen LogP contribution in [0.15, 0.2) is 73.1 Å². The van der Waals surface area contributed by atoms with Crippen molar-refractivity contribution in [1.82, 2.24) is 19.8 Å². The maximum absolute atomic E-state index is 11.4. The Labute approximate surface area is 176 Å². The van der Waals surface area contributed by atoms with Crippen LogP contribution in [0.4, 0.5) is 0 Å². The monoisotopic (exact) mass is 406 g/mol. The molecule has 0 saturated carbocycles. The fourth-order valence-electron chi connectivity index (χ4n) is 3.23. The third kappa shape index (κ3) is 6.95. The molecule has 7 heteroatoms. The van der Waals surface area contributed by atoms with Gasteiger partial charge in [0, 0.05) is 50.7 Å². The van der Waals surface area contributed by atoms with Crippen molar-refractivity contribution in [3.63, 3.8) is 0 Å². The minimum atomic E-state index is -0.872. The number of aliphatic carboxylic acids is 1. The van der Waals surface area contributed by atoms with E-state index < -0.39 is 5.97 Å². The number of aromatic nitrogens is 2. The van der Waals surface area contributed by atoms with Gasteiger partial charge in [0.2, 0.25) is 0 Å². The summed E-state index contributed by atoms with van der Waals surface area (Å²) in [5.74, 6) is -0.623. The zero-order valence-electron chi connectivity index (χ0n) is 16.8. The minimum Gasteiger partial charge on any atom is -0.508 e. The number of rotatable bonds is 11. The molecule has 0 aliphatic carbocycles. The summed E-state index contributed by atoms with van der Waals surface area (Å²) >= 11 is 0. The number of benzene rings is 1. The lowest BCUT2D eigenvalue weighted by molar-refractivity contribution is -0.138. The van der Waals surface area contributed by atoms with E-state index in [1.807, 2.05) is 53.4 Å². The predicted molar refractivity (Wildman–Crippen MR) is 114 cm³/mol. The first kappa shape index (κ1) is 21.4. The van der Waals surface area contributed by atoms with Crippen LogP contribution < -0.4 is 0 Å². The lowest BCUT2D eigenvalue weighted by Gasteiger charge is -2.27. The summed E-state index contributed by atoms with van der Waals surface area (Å²) in [6.45, 7) is 2.69. The number of phenols is 1. The van der Waals surface area contributed by atoms with Crippen LogP contribution in [-0.4, -0.2) is 55.6 Å². The summed E-state index contributed by atoms with van der Waals surface area (Å²) in [6, 6.07) is 18.7. The number of phenolic OH excluding ortho intramolecular Hbond substituents is 1. The van der Waals surface area contributed by atoms with Crippen molar-refractivity contribution in [1.29, 1.82) is 0 Å². The van der Waals surface area contributed by atoms with Crippen LogP contribution in [-0.2, 0) is 24.4 Å². The van der Waals surface area contributed by atoms with Crippen LogP contribution in [0.3, 0.4) is 0 Å². The first-order valence-electron chi connectivity index (χ1n) is 9.83. The molecule has 0 radical (unpaired) electrons. The van der Waals surface area contributed by atoms with E-state index in [4.69, 9.17) is 0 Å². The van der Waals surface area contributed by atoms with E-state index in [-0.39, 0.29) is 12.3 Å². The second-order valence-corrected chi connectivity index (χ2v) is 7.09. The first-order valence-corrected chi connectivity index (χ1v) is 9.83. The number of hydrogen-bond acceptors (Lipinski definition) is 6. The molecule has 2 N–H and O–H groups in total. The van der Waals surface area contributed by atoms with Gasteiger partial charge in [0.1, 0.15) is 5.75 Å². The Morgan fingerprint density at radius 1 is 0.767 bits per heavy atom. The van der Waals surface area contributed by atoms with Crippen LogP contribution in [0, 0.1) is 0 Å². The minimum absolute atomic E-state index is 0.0649. The van der Waals surface area contributed by atoms with Crippen molar-refractivity contribution in [3.8, 4) is 5.75 Å². The molecule has 0 bridgehead atoms. The molecule has 0 fully saturated rings. The average molecular weight is 406 g/mol. The lowest BCUT2D eigenvalue weighted by Crippen LogP contribution is -2.37. The van der Waals surface area contributed by atoms with Crippen LogP contribution in [0.1, 0.15) is 17.0 Å². The van der Waals surface area contributed by atoms with Crippen molar-refractivity contribution in [2.24, 2.45) is 0 Å². The van der Waals surface area contributed by atoms with Gasteiger partial charge in [-0.05, 0) is 30.3 Å². The topological polar surface area (TPSA) is 89.8 Å². The summed E-state index contributed by atoms with van der Waals surface area (Å²) in [5, 5.41) is 19.5. The second kappa shape index (κ2) is 11.0. The maximum atomic E-state index is 11.4. The molecule has 156 valence electrons. The summed E-state index contributed by atoms with van der Waals surface area (Å²) < 4.78 is 0. The van der Waals surface area contributed by atoms with Crippen molar-refractivity contribution in [3.05, 3.63) is 90.0 Å². The van der Waals surface area contributed by atoms with Gasteiger partial charge in [-0.1, -0.05) is 30.3 Å². The first-order chi connectivity index (χ1) is 14.6. The number of carboxylic acids is 1. The zero-order valence-corrected chi connectivity index (χ0v) is 16.8. The van der Waals surface area contributed by atoms with E-state index in [9.17, 15) is 15.0 Å². The number of carbonyl (C=O) groups is 1. The molecule has 0 unspecified atom stereocenters. The van der Waals surface area contributed by atoms with Crippen molar-refractivity contribution < 1.29 is 15.0 Å². The van der Waals surface area contributed by atoms with Gasteiger partial charge >= 0.3 is 5.97 Å². The smallest absolute Gasteiger partial charge is 0.317 e. The fraction of sp³-hybridized carbons (Fsp3) is 0.261. The molecule has 0 aliphatic rings. The molecule has 0 aliphatic heterocycles. The fourth-order valence-corrected chi connectivity index (χ4v) is 3.23. The highest BCUT2D eigenvalue weighted by Gasteiger charge is 2.15. The zero-order chi connectivity index (χ0) is 21.2. The Kier molecular flexibility index (Phi) is 7.88. The van der Waals surface area contributed by atoms with E-state index in [2.05, 4.69) is 14.9 Å². The summed E-state index contributed by atoms with van der Waals surface area (Å²) in [5.41, 5.74) is 2.57. The van der Waals surface area contributed by atoms with Crippen LogP contribution in [0.5, 0.6) is 5.75 Å². The maximum Gasteiger partial charge on any atom is 0.317 e. The Bertz CT molecular complexity index is 922. The molecule has 7 nitrogen and oxygen atoms in total. The van der Waals surface area contributed by atoms with E-state index in [1.165, 1.54) is 0 Å². The van der Waals surface area contributed by atoms with Gasteiger partial charge in [-0.25, -0.2) is 0 Å². The molecule has 2 heterocycles. The summed E-state index contributed by atoms with van der Waals surface area (Å²) in [7, 11) is 0. The Balaban J connectivity index is 1.70. The van der Waals surface area contributed by atoms with Gasteiger partial charge in [0.15, 0.2) is 0 Å². The van der Waals surface area contributed by atoms with Crippen LogP contribution in [0.2, 0.25) is 0 Å². The molecular formula is C23H26N4O3. The highest BCUT2D eigenvalue weighted by Crippen LogP contribution is 2.19. The lowest BCUT2D eigenvalue weighted by atomic mass is 10.2. The molecule has 0 atom stereocenters. The average Bonchev–Trinajstić information content (AvgIpc) is 2.74. The SMILES string of the molecule is O=C(O)CN(CCN(Cc1ccccn1)Cc1ccccc1O)Cc1ccccn1. The molecule has 1 aromatic carbocycles. The number of nitrogens with zero attached hydrogens (tertiary/aromatic N) is 4. The van der Waals surface area contributed by atoms with E-state index in [0.717, 1.165) is 17.0 Å². The van der Waals surface area contributed by atoms with Gasteiger partial charge in [0.05, 0.1) is 17.9 Å². The van der Waals surface area contributed by atoms with E-state index in [1.54, 1.807) is 24.5 Å². The number of pyridine rings is 2. The standard InChI is InChI=1S/C23H26N4O3/c28-22-10-2-1-7-19(22)15-26(16-20-8-3-5-11-24-20)13-14-27(18-23(29)30)17-21-9-4-6-12-25-21/h1-12,28H,13-18H2,(H,29,30). The highest BCUT2D eigenvalue weighted by atomic mass is 16.4. The summed E-state index contributed by atoms with van der Waals surface area (Å²) in [4.78, 5) is 24.1. The molecule has 30 heavy (non-hydrogen) atoms.